The van der Waals surface area contributed by atoms with E-state index in [0.717, 1.165) is 17.0 Å². The molecule has 0 atom stereocenters. The molecule has 0 fully saturated rings. The summed E-state index contributed by atoms with van der Waals surface area (Å²) in [6, 6.07) is 16.8. The number of benzene rings is 2. The fraction of sp³-hybridized carbons (Fsp3) is 0.100. The van der Waals surface area contributed by atoms with Gasteiger partial charge in [-0.1, -0.05) is 54.6 Å². The summed E-state index contributed by atoms with van der Waals surface area (Å²) in [4.78, 5) is 26.0. The Bertz CT molecular complexity index is 965. The lowest BCUT2D eigenvalue weighted by molar-refractivity contribution is 0.0980. The Morgan fingerprint density at radius 3 is 1.87 bits per heavy atom. The van der Waals surface area contributed by atoms with E-state index in [1.54, 1.807) is 24.3 Å². The SMILES string of the molecule is Cc1c2c(c(-c3ccccc3)n1C)C(=O)c1ccccc1C2=O. The van der Waals surface area contributed by atoms with Crippen LogP contribution in [0.1, 0.15) is 37.5 Å². The number of nitrogens with zero attached hydrogens (tertiary/aromatic N) is 1. The fourth-order valence-electron chi connectivity index (χ4n) is 3.38. The number of fused-ring (bicyclic) bond motifs is 2. The number of carbonyl (C=O) groups excluding carboxylic acids is 2. The van der Waals surface area contributed by atoms with Crippen molar-refractivity contribution in [2.75, 3.05) is 0 Å². The molecule has 0 spiro atoms. The second-order valence-electron chi connectivity index (χ2n) is 5.81. The normalized spacial score (nSPS) is 13.0. The second kappa shape index (κ2) is 4.78. The van der Waals surface area contributed by atoms with E-state index in [1.165, 1.54) is 0 Å². The first-order valence-corrected chi connectivity index (χ1v) is 7.54. The van der Waals surface area contributed by atoms with Crippen LogP contribution in [0.5, 0.6) is 0 Å². The molecule has 0 N–H and O–H groups in total. The quantitative estimate of drug-likeness (QED) is 0.537. The van der Waals surface area contributed by atoms with Gasteiger partial charge in [-0.15, -0.1) is 0 Å². The van der Waals surface area contributed by atoms with Crippen molar-refractivity contribution in [1.29, 1.82) is 0 Å². The maximum atomic E-state index is 13.0. The zero-order chi connectivity index (χ0) is 16.1. The molecule has 3 heteroatoms. The predicted molar refractivity (Wildman–Crippen MR) is 88.9 cm³/mol. The highest BCUT2D eigenvalue weighted by Crippen LogP contribution is 2.37. The molecule has 23 heavy (non-hydrogen) atoms. The lowest BCUT2D eigenvalue weighted by Crippen LogP contribution is -2.20. The van der Waals surface area contributed by atoms with E-state index >= 15 is 0 Å². The Morgan fingerprint density at radius 1 is 0.739 bits per heavy atom. The fourth-order valence-corrected chi connectivity index (χ4v) is 3.38. The van der Waals surface area contributed by atoms with Gasteiger partial charge in [0.1, 0.15) is 0 Å². The van der Waals surface area contributed by atoms with Gasteiger partial charge in [-0.2, -0.15) is 0 Å². The first-order chi connectivity index (χ1) is 11.1. The topological polar surface area (TPSA) is 39.1 Å². The third-order valence-electron chi connectivity index (χ3n) is 4.60. The highest BCUT2D eigenvalue weighted by molar-refractivity contribution is 6.30. The first-order valence-electron chi connectivity index (χ1n) is 7.54. The molecule has 112 valence electrons. The summed E-state index contributed by atoms with van der Waals surface area (Å²) < 4.78 is 1.95. The number of carbonyl (C=O) groups is 2. The first kappa shape index (κ1) is 13.7. The zero-order valence-corrected chi connectivity index (χ0v) is 13.0. The standard InChI is InChI=1S/C20H15NO2/c1-12-16-17(18(21(12)2)13-8-4-3-5-9-13)20(23)15-11-7-6-10-14(15)19(16)22/h3-11H,1-2H3. The number of hydrogen-bond donors (Lipinski definition) is 0. The van der Waals surface area contributed by atoms with Gasteiger partial charge in [-0.3, -0.25) is 9.59 Å². The van der Waals surface area contributed by atoms with E-state index in [1.807, 2.05) is 48.9 Å². The van der Waals surface area contributed by atoms with Gasteiger partial charge in [-0.05, 0) is 12.5 Å². The van der Waals surface area contributed by atoms with Gasteiger partial charge in [0, 0.05) is 23.9 Å². The van der Waals surface area contributed by atoms with Crippen molar-refractivity contribution in [3.05, 3.63) is 82.5 Å². The Morgan fingerprint density at radius 2 is 1.26 bits per heavy atom. The molecular formula is C20H15NO2. The average Bonchev–Trinajstić information content (AvgIpc) is 2.86. The van der Waals surface area contributed by atoms with Crippen molar-refractivity contribution in [3.63, 3.8) is 0 Å². The van der Waals surface area contributed by atoms with Crippen LogP contribution < -0.4 is 0 Å². The summed E-state index contributed by atoms with van der Waals surface area (Å²) in [7, 11) is 1.90. The number of rotatable bonds is 1. The van der Waals surface area contributed by atoms with E-state index in [4.69, 9.17) is 0 Å². The van der Waals surface area contributed by atoms with E-state index in [9.17, 15) is 9.59 Å². The monoisotopic (exact) mass is 301 g/mol. The third kappa shape index (κ3) is 1.77. The van der Waals surface area contributed by atoms with Gasteiger partial charge < -0.3 is 4.57 Å². The van der Waals surface area contributed by atoms with Crippen molar-refractivity contribution >= 4 is 11.6 Å². The molecule has 0 radical (unpaired) electrons. The van der Waals surface area contributed by atoms with Crippen LogP contribution in [0.25, 0.3) is 11.3 Å². The molecule has 0 unspecified atom stereocenters. The van der Waals surface area contributed by atoms with Crippen molar-refractivity contribution in [2.45, 2.75) is 6.92 Å². The van der Waals surface area contributed by atoms with Crippen molar-refractivity contribution in [2.24, 2.45) is 7.05 Å². The summed E-state index contributed by atoms with van der Waals surface area (Å²) in [5.41, 5.74) is 4.64. The van der Waals surface area contributed by atoms with E-state index in [0.29, 0.717) is 22.3 Å². The molecule has 1 aliphatic carbocycles. The lowest BCUT2D eigenvalue weighted by atomic mass is 9.83. The highest BCUT2D eigenvalue weighted by atomic mass is 16.1. The van der Waals surface area contributed by atoms with Crippen LogP contribution in [-0.2, 0) is 7.05 Å². The second-order valence-corrected chi connectivity index (χ2v) is 5.81. The van der Waals surface area contributed by atoms with Crippen molar-refractivity contribution < 1.29 is 9.59 Å². The molecular weight excluding hydrogens is 286 g/mol. The summed E-state index contributed by atoms with van der Waals surface area (Å²) in [6.07, 6.45) is 0. The van der Waals surface area contributed by atoms with Gasteiger partial charge >= 0.3 is 0 Å². The van der Waals surface area contributed by atoms with Crippen LogP contribution >= 0.6 is 0 Å². The molecule has 2 aromatic carbocycles. The minimum absolute atomic E-state index is 0.0644. The molecule has 1 aromatic heterocycles. The van der Waals surface area contributed by atoms with E-state index in [2.05, 4.69) is 0 Å². The van der Waals surface area contributed by atoms with E-state index in [-0.39, 0.29) is 11.6 Å². The highest BCUT2D eigenvalue weighted by Gasteiger charge is 2.36. The van der Waals surface area contributed by atoms with E-state index < -0.39 is 0 Å². The molecule has 1 heterocycles. The molecule has 0 saturated heterocycles. The van der Waals surface area contributed by atoms with Crippen LogP contribution in [-0.4, -0.2) is 16.1 Å². The van der Waals surface area contributed by atoms with Crippen LogP contribution in [0.15, 0.2) is 54.6 Å². The van der Waals surface area contributed by atoms with Crippen LogP contribution in [0.3, 0.4) is 0 Å². The number of aromatic nitrogens is 1. The maximum Gasteiger partial charge on any atom is 0.196 e. The largest absolute Gasteiger partial charge is 0.347 e. The minimum Gasteiger partial charge on any atom is -0.347 e. The summed E-state index contributed by atoms with van der Waals surface area (Å²) in [5.74, 6) is -0.136. The smallest absolute Gasteiger partial charge is 0.196 e. The molecule has 1 aliphatic rings. The molecule has 0 amide bonds. The van der Waals surface area contributed by atoms with Crippen LogP contribution in [0.2, 0.25) is 0 Å². The molecule has 0 saturated carbocycles. The minimum atomic E-state index is -0.0715. The maximum absolute atomic E-state index is 13.0. The Hall–Kier alpha value is -2.94. The Labute approximate surface area is 134 Å². The van der Waals surface area contributed by atoms with Gasteiger partial charge in [0.2, 0.25) is 0 Å². The van der Waals surface area contributed by atoms with Crippen LogP contribution in [0.4, 0.5) is 0 Å². The molecule has 0 bridgehead atoms. The van der Waals surface area contributed by atoms with Gasteiger partial charge in [0.15, 0.2) is 11.6 Å². The summed E-state index contributed by atoms with van der Waals surface area (Å²) in [6.45, 7) is 1.89. The summed E-state index contributed by atoms with van der Waals surface area (Å²) >= 11 is 0. The predicted octanol–water partition coefficient (Wildman–Crippen LogP) is 3.78. The average molecular weight is 301 g/mol. The molecule has 3 nitrogen and oxygen atoms in total. The Balaban J connectivity index is 2.08. The van der Waals surface area contributed by atoms with Crippen molar-refractivity contribution in [3.8, 4) is 11.3 Å². The van der Waals surface area contributed by atoms with Gasteiger partial charge in [-0.25, -0.2) is 0 Å². The van der Waals surface area contributed by atoms with Gasteiger partial charge in [0.05, 0.1) is 16.8 Å². The lowest BCUT2D eigenvalue weighted by Gasteiger charge is -2.15. The number of hydrogen-bond acceptors (Lipinski definition) is 2. The van der Waals surface area contributed by atoms with Crippen LogP contribution in [0, 0.1) is 6.92 Å². The van der Waals surface area contributed by atoms with Crippen molar-refractivity contribution in [1.82, 2.24) is 4.57 Å². The number of ketones is 2. The Kier molecular flexibility index (Phi) is 2.85. The molecule has 3 aromatic rings. The zero-order valence-electron chi connectivity index (χ0n) is 13.0. The molecule has 0 aliphatic heterocycles. The van der Waals surface area contributed by atoms with Gasteiger partial charge in [0.25, 0.3) is 0 Å². The molecule has 4 rings (SSSR count). The third-order valence-corrected chi connectivity index (χ3v) is 4.60. The summed E-state index contributed by atoms with van der Waals surface area (Å²) in [5, 5.41) is 0.